The van der Waals surface area contributed by atoms with E-state index in [1.807, 2.05) is 97.1 Å². The van der Waals surface area contributed by atoms with Gasteiger partial charge in [0.1, 0.15) is 0 Å². The molecule has 1 N–H and O–H groups in total. The Kier molecular flexibility index (Phi) is 7.30. The predicted octanol–water partition coefficient (Wildman–Crippen LogP) is 5.59. The molecule has 0 aromatic heterocycles. The monoisotopic (exact) mass is 445 g/mol. The van der Waals surface area contributed by atoms with E-state index >= 15 is 0 Å². The maximum atomic E-state index is 12.0. The highest BCUT2D eigenvalue weighted by molar-refractivity contribution is 7.76. The zero-order valence-corrected chi connectivity index (χ0v) is 18.2. The van der Waals surface area contributed by atoms with Gasteiger partial charge < -0.3 is 9.68 Å². The van der Waals surface area contributed by atoms with E-state index in [2.05, 4.69) is 0 Å². The number of nitrogens with zero attached hydrogens (tertiary/aromatic N) is 1. The van der Waals surface area contributed by atoms with Crippen molar-refractivity contribution in [3.8, 4) is 11.5 Å². The van der Waals surface area contributed by atoms with E-state index in [0.717, 1.165) is 22.3 Å². The van der Waals surface area contributed by atoms with Crippen molar-refractivity contribution in [3.05, 3.63) is 131 Å². The summed E-state index contributed by atoms with van der Waals surface area (Å²) in [5, 5.41) is 0. The SMILES string of the molecule is O=S(O)N(Oc1ccccc1Cc1ccccc1)Oc1ccccc1Cc1ccccc1. The molecule has 4 rings (SSSR count). The van der Waals surface area contributed by atoms with Crippen LogP contribution in [-0.2, 0) is 24.1 Å². The third-order valence-corrected chi connectivity index (χ3v) is 5.30. The minimum absolute atomic E-state index is 0.444. The Hall–Kier alpha value is -3.45. The van der Waals surface area contributed by atoms with Gasteiger partial charge in [-0.05, 0) is 23.3 Å². The van der Waals surface area contributed by atoms with Gasteiger partial charge in [-0.25, -0.2) is 4.21 Å². The summed E-state index contributed by atoms with van der Waals surface area (Å²) < 4.78 is 22.5. The second kappa shape index (κ2) is 10.7. The normalized spacial score (nSPS) is 11.8. The Balaban J connectivity index is 1.55. The lowest BCUT2D eigenvalue weighted by atomic mass is 10.0. The van der Waals surface area contributed by atoms with Crippen molar-refractivity contribution < 1.29 is 18.4 Å². The Morgan fingerprint density at radius 3 is 1.38 bits per heavy atom. The standard InChI is InChI=1S/C26H23NO4S/c28-32(29)27(30-25-17-9-7-15-23(25)19-21-11-3-1-4-12-21)31-26-18-10-8-16-24(26)20-22-13-5-2-6-14-22/h1-18H,19-20H2,(H,28,29). The van der Waals surface area contributed by atoms with Crippen molar-refractivity contribution in [2.24, 2.45) is 0 Å². The van der Waals surface area contributed by atoms with Crippen molar-refractivity contribution in [2.45, 2.75) is 12.8 Å². The van der Waals surface area contributed by atoms with Gasteiger partial charge in [0.05, 0.1) is 0 Å². The fraction of sp³-hybridized carbons (Fsp3) is 0.0769. The van der Waals surface area contributed by atoms with Gasteiger partial charge in [0.25, 0.3) is 0 Å². The molecule has 5 nitrogen and oxygen atoms in total. The van der Waals surface area contributed by atoms with Gasteiger partial charge in [-0.15, -0.1) is 0 Å². The lowest BCUT2D eigenvalue weighted by Crippen LogP contribution is -2.33. The van der Waals surface area contributed by atoms with E-state index in [4.69, 9.17) is 9.68 Å². The molecule has 32 heavy (non-hydrogen) atoms. The molecule has 162 valence electrons. The number of hydrogen-bond acceptors (Lipinski definition) is 3. The molecule has 4 aromatic carbocycles. The van der Waals surface area contributed by atoms with Crippen molar-refractivity contribution >= 4 is 11.3 Å². The van der Waals surface area contributed by atoms with E-state index in [0.29, 0.717) is 29.0 Å². The molecule has 0 spiro atoms. The second-order valence-corrected chi connectivity index (χ2v) is 7.94. The molecule has 6 heteroatoms. The van der Waals surface area contributed by atoms with Gasteiger partial charge in [0, 0.05) is 24.0 Å². The first-order valence-electron chi connectivity index (χ1n) is 10.2. The van der Waals surface area contributed by atoms with Gasteiger partial charge >= 0.3 is 11.3 Å². The summed E-state index contributed by atoms with van der Waals surface area (Å²) in [5.74, 6) is 0.888. The highest BCUT2D eigenvalue weighted by Crippen LogP contribution is 2.26. The molecule has 0 aliphatic heterocycles. The van der Waals surface area contributed by atoms with Crippen molar-refractivity contribution in [1.29, 1.82) is 0 Å². The largest absolute Gasteiger partial charge is 0.358 e. The first kappa shape index (κ1) is 21.8. The Morgan fingerprint density at radius 1 is 0.594 bits per heavy atom. The van der Waals surface area contributed by atoms with Crippen LogP contribution in [0.3, 0.4) is 0 Å². The van der Waals surface area contributed by atoms with Crippen LogP contribution in [0.25, 0.3) is 0 Å². The Labute approximate surface area is 190 Å². The van der Waals surface area contributed by atoms with E-state index in [1.165, 1.54) is 0 Å². The third kappa shape index (κ3) is 5.82. The molecular weight excluding hydrogens is 422 g/mol. The maximum absolute atomic E-state index is 12.0. The topological polar surface area (TPSA) is 59.0 Å². The van der Waals surface area contributed by atoms with Crippen LogP contribution in [0.2, 0.25) is 0 Å². The fourth-order valence-corrected chi connectivity index (χ4v) is 3.64. The van der Waals surface area contributed by atoms with Crippen molar-refractivity contribution in [1.82, 2.24) is 4.63 Å². The molecule has 0 saturated heterocycles. The average Bonchev–Trinajstić information content (AvgIpc) is 2.82. The van der Waals surface area contributed by atoms with E-state index < -0.39 is 11.3 Å². The summed E-state index contributed by atoms with van der Waals surface area (Å²) in [5.41, 5.74) is 3.95. The lowest BCUT2D eigenvalue weighted by Gasteiger charge is -2.20. The van der Waals surface area contributed by atoms with Crippen LogP contribution in [0.1, 0.15) is 22.3 Å². The molecule has 0 bridgehead atoms. The predicted molar refractivity (Wildman–Crippen MR) is 125 cm³/mol. The summed E-state index contributed by atoms with van der Waals surface area (Å²) in [4.78, 5) is 11.5. The zero-order valence-electron chi connectivity index (χ0n) is 17.3. The van der Waals surface area contributed by atoms with Crippen molar-refractivity contribution in [2.75, 3.05) is 0 Å². The minimum atomic E-state index is -2.52. The smallest absolute Gasteiger partial charge is 0.307 e. The quantitative estimate of drug-likeness (QED) is 0.269. The summed E-state index contributed by atoms with van der Waals surface area (Å²) in [6, 6.07) is 34.7. The highest BCUT2D eigenvalue weighted by atomic mass is 32.2. The number of para-hydroxylation sites is 2. The van der Waals surface area contributed by atoms with E-state index in [1.54, 1.807) is 12.1 Å². The van der Waals surface area contributed by atoms with Gasteiger partial charge in [-0.3, -0.25) is 4.55 Å². The molecule has 0 amide bonds. The molecule has 1 atom stereocenters. The summed E-state index contributed by atoms with van der Waals surface area (Å²) in [6.07, 6.45) is 1.24. The zero-order chi connectivity index (χ0) is 22.2. The molecular formula is C26H23NO4S. The maximum Gasteiger partial charge on any atom is 0.307 e. The number of benzene rings is 4. The van der Waals surface area contributed by atoms with Crippen LogP contribution in [-0.4, -0.2) is 13.4 Å². The average molecular weight is 446 g/mol. The van der Waals surface area contributed by atoms with Crippen LogP contribution in [0.4, 0.5) is 0 Å². The molecule has 0 fully saturated rings. The third-order valence-electron chi connectivity index (χ3n) is 4.89. The van der Waals surface area contributed by atoms with E-state index in [-0.39, 0.29) is 0 Å². The molecule has 0 aliphatic carbocycles. The molecule has 1 unspecified atom stereocenters. The Bertz CT molecular complexity index is 1080. The molecule has 0 heterocycles. The molecule has 0 radical (unpaired) electrons. The first-order chi connectivity index (χ1) is 15.7. The minimum Gasteiger partial charge on any atom is -0.358 e. The van der Waals surface area contributed by atoms with Gasteiger partial charge in [0.2, 0.25) is 0 Å². The van der Waals surface area contributed by atoms with Gasteiger partial charge in [-0.1, -0.05) is 97.1 Å². The number of rotatable bonds is 9. The second-order valence-electron chi connectivity index (χ2n) is 7.18. The van der Waals surface area contributed by atoms with Crippen LogP contribution >= 0.6 is 0 Å². The highest BCUT2D eigenvalue weighted by Gasteiger charge is 2.20. The van der Waals surface area contributed by atoms with Crippen LogP contribution in [0, 0.1) is 0 Å². The van der Waals surface area contributed by atoms with Gasteiger partial charge in [0.15, 0.2) is 16.1 Å². The Morgan fingerprint density at radius 2 is 0.969 bits per heavy atom. The van der Waals surface area contributed by atoms with Crippen LogP contribution < -0.4 is 9.68 Å². The first-order valence-corrected chi connectivity index (χ1v) is 11.3. The number of hydrogen-bond donors (Lipinski definition) is 1. The molecule has 0 saturated carbocycles. The summed E-state index contributed by atoms with van der Waals surface area (Å²) in [7, 11) is 0. The van der Waals surface area contributed by atoms with Crippen LogP contribution in [0.5, 0.6) is 11.5 Å². The molecule has 4 aromatic rings. The summed E-state index contributed by atoms with van der Waals surface area (Å²) >= 11 is -2.52. The lowest BCUT2D eigenvalue weighted by molar-refractivity contribution is -0.176. The fourth-order valence-electron chi connectivity index (χ4n) is 3.35. The van der Waals surface area contributed by atoms with Crippen molar-refractivity contribution in [3.63, 3.8) is 0 Å². The van der Waals surface area contributed by atoms with Crippen LogP contribution in [0.15, 0.2) is 109 Å². The summed E-state index contributed by atoms with van der Waals surface area (Å²) in [6.45, 7) is 0. The van der Waals surface area contributed by atoms with E-state index in [9.17, 15) is 8.76 Å². The molecule has 0 aliphatic rings. The van der Waals surface area contributed by atoms with Gasteiger partial charge in [-0.2, -0.15) is 0 Å².